The van der Waals surface area contributed by atoms with Gasteiger partial charge in [0.05, 0.1) is 12.4 Å². The van der Waals surface area contributed by atoms with Gasteiger partial charge in [0.15, 0.2) is 21.3 Å². The number of hydrogen-bond donors (Lipinski definition) is 2. The maximum absolute atomic E-state index is 11.3. The Balaban J connectivity index is 2.01. The highest BCUT2D eigenvalue weighted by atomic mass is 32.2. The second-order valence-corrected chi connectivity index (χ2v) is 6.27. The minimum Gasteiger partial charge on any atom is -0.504 e. The van der Waals surface area contributed by atoms with Crippen molar-refractivity contribution in [2.75, 3.05) is 12.4 Å². The van der Waals surface area contributed by atoms with Gasteiger partial charge in [0.2, 0.25) is 0 Å². The first-order valence-electron chi connectivity index (χ1n) is 6.10. The number of aromatic hydroxyl groups is 1. The van der Waals surface area contributed by atoms with E-state index in [-0.39, 0.29) is 17.5 Å². The molecular weight excluding hydrogens is 266 g/mol. The maximum atomic E-state index is 11.3. The average Bonchev–Trinajstić information content (AvgIpc) is 2.70. The van der Waals surface area contributed by atoms with Gasteiger partial charge in [0, 0.05) is 23.6 Å². The summed E-state index contributed by atoms with van der Waals surface area (Å²) in [6.07, 6.45) is 1.62. The molecule has 6 heteroatoms. The molecule has 1 heterocycles. The minimum atomic E-state index is -3.06. The molecule has 5 nitrogen and oxygen atoms in total. The molecule has 1 aromatic carbocycles. The van der Waals surface area contributed by atoms with E-state index < -0.39 is 9.84 Å². The van der Waals surface area contributed by atoms with Crippen molar-refractivity contribution >= 4 is 9.84 Å². The van der Waals surface area contributed by atoms with Crippen LogP contribution in [0.15, 0.2) is 29.7 Å². The summed E-state index contributed by atoms with van der Waals surface area (Å²) in [7, 11) is -3.06. The van der Waals surface area contributed by atoms with E-state index in [1.54, 1.807) is 24.3 Å². The Hall–Kier alpha value is -1.53. The zero-order valence-electron chi connectivity index (χ0n) is 10.7. The van der Waals surface area contributed by atoms with Crippen LogP contribution in [-0.2, 0) is 16.4 Å². The molecule has 0 spiro atoms. The summed E-state index contributed by atoms with van der Waals surface area (Å²) in [5.74, 6) is 0.608. The zero-order chi connectivity index (χ0) is 13.9. The highest BCUT2D eigenvalue weighted by Crippen LogP contribution is 2.29. The summed E-state index contributed by atoms with van der Waals surface area (Å²) < 4.78 is 27.8. The first kappa shape index (κ1) is 13.9. The van der Waals surface area contributed by atoms with E-state index in [9.17, 15) is 13.5 Å². The molecule has 2 N–H and O–H groups in total. The summed E-state index contributed by atoms with van der Waals surface area (Å²) in [5, 5.41) is 14.3. The second-order valence-electron chi connectivity index (χ2n) is 4.34. The molecule has 19 heavy (non-hydrogen) atoms. The van der Waals surface area contributed by atoms with Crippen molar-refractivity contribution in [3.63, 3.8) is 0 Å². The Labute approximate surface area is 112 Å². The van der Waals surface area contributed by atoms with Gasteiger partial charge in [-0.05, 0) is 13.0 Å². The zero-order valence-corrected chi connectivity index (χ0v) is 11.5. The van der Waals surface area contributed by atoms with Crippen LogP contribution < -0.4 is 10.1 Å². The summed E-state index contributed by atoms with van der Waals surface area (Å²) in [4.78, 5) is 0. The first-order valence-corrected chi connectivity index (χ1v) is 7.81. The lowest BCUT2D eigenvalue weighted by Gasteiger charge is -2.13. The summed E-state index contributed by atoms with van der Waals surface area (Å²) in [5.41, 5.74) is 0.684. The Morgan fingerprint density at radius 3 is 2.89 bits per heavy atom. The van der Waals surface area contributed by atoms with Crippen LogP contribution in [0.5, 0.6) is 11.5 Å². The van der Waals surface area contributed by atoms with Crippen molar-refractivity contribution in [1.29, 1.82) is 0 Å². The number of hydrogen-bond acceptors (Lipinski definition) is 5. The van der Waals surface area contributed by atoms with Gasteiger partial charge < -0.3 is 15.2 Å². The molecule has 1 unspecified atom stereocenters. The van der Waals surface area contributed by atoms with Gasteiger partial charge in [-0.15, -0.1) is 0 Å². The van der Waals surface area contributed by atoms with Gasteiger partial charge in [0.25, 0.3) is 0 Å². The van der Waals surface area contributed by atoms with Crippen molar-refractivity contribution in [2.24, 2.45) is 0 Å². The SMILES string of the molecule is CCOc1cccc(CNC2C=CS(=O)(=O)C2)c1O. The molecule has 104 valence electrons. The first-order chi connectivity index (χ1) is 9.02. The standard InChI is InChI=1S/C13H17NO4S/c1-2-18-12-5-3-4-10(13(12)15)8-14-11-6-7-19(16,17)9-11/h3-7,11,14-15H,2,8-9H2,1H3. The smallest absolute Gasteiger partial charge is 0.173 e. The lowest BCUT2D eigenvalue weighted by molar-refractivity contribution is 0.316. The van der Waals surface area contributed by atoms with E-state index in [1.165, 1.54) is 5.41 Å². The number of rotatable bonds is 5. The van der Waals surface area contributed by atoms with Crippen LogP contribution in [0, 0.1) is 0 Å². The van der Waals surface area contributed by atoms with Gasteiger partial charge in [-0.3, -0.25) is 0 Å². The predicted molar refractivity (Wildman–Crippen MR) is 72.8 cm³/mol. The number of benzene rings is 1. The van der Waals surface area contributed by atoms with Gasteiger partial charge in [-0.25, -0.2) is 8.42 Å². The van der Waals surface area contributed by atoms with Gasteiger partial charge in [-0.1, -0.05) is 18.2 Å². The van der Waals surface area contributed by atoms with Gasteiger partial charge in [0.1, 0.15) is 0 Å². The Bertz CT molecular complexity index is 580. The van der Waals surface area contributed by atoms with E-state index in [0.29, 0.717) is 24.5 Å². The normalized spacial score (nSPS) is 20.6. The number of para-hydroxylation sites is 1. The molecule has 0 amide bonds. The fourth-order valence-corrected chi connectivity index (χ4v) is 3.20. The van der Waals surface area contributed by atoms with Crippen LogP contribution in [0.2, 0.25) is 0 Å². The molecule has 1 atom stereocenters. The average molecular weight is 283 g/mol. The number of nitrogens with one attached hydrogen (secondary N) is 1. The van der Waals surface area contributed by atoms with E-state index in [4.69, 9.17) is 4.74 Å². The van der Waals surface area contributed by atoms with Crippen molar-refractivity contribution < 1.29 is 18.3 Å². The fraction of sp³-hybridized carbons (Fsp3) is 0.385. The molecule has 1 aromatic rings. The van der Waals surface area contributed by atoms with Crippen molar-refractivity contribution in [3.05, 3.63) is 35.2 Å². The molecule has 0 aliphatic carbocycles. The van der Waals surface area contributed by atoms with E-state index in [1.807, 2.05) is 6.92 Å². The fourth-order valence-electron chi connectivity index (χ4n) is 1.93. The summed E-state index contributed by atoms with van der Waals surface area (Å²) >= 11 is 0. The van der Waals surface area contributed by atoms with Gasteiger partial charge in [-0.2, -0.15) is 0 Å². The second kappa shape index (κ2) is 5.63. The Kier molecular flexibility index (Phi) is 4.11. The Morgan fingerprint density at radius 2 is 2.26 bits per heavy atom. The lowest BCUT2D eigenvalue weighted by atomic mass is 10.1. The molecule has 1 aliphatic rings. The molecule has 0 radical (unpaired) electrons. The molecule has 0 saturated carbocycles. The molecule has 0 bridgehead atoms. The van der Waals surface area contributed by atoms with Crippen molar-refractivity contribution in [1.82, 2.24) is 5.32 Å². The molecule has 0 saturated heterocycles. The van der Waals surface area contributed by atoms with Crippen LogP contribution in [0.25, 0.3) is 0 Å². The summed E-state index contributed by atoms with van der Waals surface area (Å²) in [6, 6.07) is 5.06. The molecule has 0 fully saturated rings. The highest BCUT2D eigenvalue weighted by Gasteiger charge is 2.21. The quantitative estimate of drug-likeness (QED) is 0.849. The van der Waals surface area contributed by atoms with E-state index >= 15 is 0 Å². The minimum absolute atomic E-state index is 0.0684. The van der Waals surface area contributed by atoms with Gasteiger partial charge >= 0.3 is 0 Å². The van der Waals surface area contributed by atoms with E-state index in [2.05, 4.69) is 5.32 Å². The third-order valence-corrected chi connectivity index (χ3v) is 4.26. The molecule has 0 aromatic heterocycles. The van der Waals surface area contributed by atoms with Crippen LogP contribution in [-0.4, -0.2) is 31.9 Å². The largest absolute Gasteiger partial charge is 0.504 e. The van der Waals surface area contributed by atoms with Crippen LogP contribution in [0.4, 0.5) is 0 Å². The van der Waals surface area contributed by atoms with Crippen LogP contribution >= 0.6 is 0 Å². The van der Waals surface area contributed by atoms with Crippen LogP contribution in [0.3, 0.4) is 0 Å². The predicted octanol–water partition coefficient (Wildman–Crippen LogP) is 1.19. The third-order valence-electron chi connectivity index (χ3n) is 2.87. The Morgan fingerprint density at radius 1 is 1.47 bits per heavy atom. The molecular formula is C13H17NO4S. The maximum Gasteiger partial charge on any atom is 0.173 e. The van der Waals surface area contributed by atoms with Crippen LogP contribution in [0.1, 0.15) is 12.5 Å². The van der Waals surface area contributed by atoms with E-state index in [0.717, 1.165) is 0 Å². The third kappa shape index (κ3) is 3.48. The number of phenolic OH excluding ortho intramolecular Hbond substituents is 1. The topological polar surface area (TPSA) is 75.6 Å². The lowest BCUT2D eigenvalue weighted by Crippen LogP contribution is -2.29. The molecule has 1 aliphatic heterocycles. The number of sulfone groups is 1. The molecule has 2 rings (SSSR count). The van der Waals surface area contributed by atoms with Crippen molar-refractivity contribution in [3.8, 4) is 11.5 Å². The summed E-state index contributed by atoms with van der Waals surface area (Å²) in [6.45, 7) is 2.71. The number of phenols is 1. The number of ether oxygens (including phenoxy) is 1. The monoisotopic (exact) mass is 283 g/mol. The highest BCUT2D eigenvalue weighted by molar-refractivity contribution is 7.94. The van der Waals surface area contributed by atoms with Crippen molar-refractivity contribution in [2.45, 2.75) is 19.5 Å².